The second kappa shape index (κ2) is 9.54. The lowest BCUT2D eigenvalue weighted by Crippen LogP contribution is -2.70. The molecule has 4 aliphatic rings. The predicted octanol–water partition coefficient (Wildman–Crippen LogP) is 3.44. The predicted molar refractivity (Wildman–Crippen MR) is 118 cm³/mol. The molecule has 5 rings (SSSR count). The van der Waals surface area contributed by atoms with Crippen LogP contribution in [0.1, 0.15) is 44.9 Å². The number of hydrogen-bond acceptors (Lipinski definition) is 5. The molecule has 3 atom stereocenters. The highest BCUT2D eigenvalue weighted by Gasteiger charge is 2.55. The molecule has 11 heteroatoms. The number of rotatable bonds is 7. The highest BCUT2D eigenvalue weighted by molar-refractivity contribution is 8.01. The molecular weight excluding hydrogens is 481 g/mol. The monoisotopic (exact) mass is 506 g/mol. The van der Waals surface area contributed by atoms with E-state index in [-0.39, 0.29) is 29.7 Å². The molecule has 3 aliphatic carbocycles. The lowest BCUT2D eigenvalue weighted by atomic mass is 9.60. The molecule has 2 bridgehead atoms. The Bertz CT molecular complexity index is 914. The maximum absolute atomic E-state index is 13.5. The summed E-state index contributed by atoms with van der Waals surface area (Å²) in [5.41, 5.74) is -1.41. The number of alkyl halides is 2. The third kappa shape index (κ3) is 5.22. The zero-order valence-corrected chi connectivity index (χ0v) is 19.4. The fourth-order valence-corrected chi connectivity index (χ4v) is 6.46. The maximum Gasteiger partial charge on any atom is 0.258 e. The van der Waals surface area contributed by atoms with E-state index in [4.69, 9.17) is 16.3 Å². The van der Waals surface area contributed by atoms with E-state index in [1.54, 1.807) is 0 Å². The van der Waals surface area contributed by atoms with Crippen LogP contribution in [-0.4, -0.2) is 57.6 Å². The molecule has 1 aromatic rings. The van der Waals surface area contributed by atoms with E-state index in [9.17, 15) is 27.9 Å². The van der Waals surface area contributed by atoms with E-state index in [0.29, 0.717) is 38.5 Å². The molecule has 33 heavy (non-hydrogen) atoms. The fraction of sp³-hybridized carbons (Fsp3) is 0.636. The number of ether oxygens (including phenoxy) is 1. The van der Waals surface area contributed by atoms with Crippen LogP contribution in [0.3, 0.4) is 0 Å². The van der Waals surface area contributed by atoms with Gasteiger partial charge in [0.05, 0.1) is 27.2 Å². The number of aliphatic hydroxyl groups is 1. The molecule has 1 heterocycles. The maximum atomic E-state index is 13.5. The second-order valence-corrected chi connectivity index (χ2v) is 11.0. The standard InChI is InChI=1S/C22H26ClF3N2O4S/c23-13-2-1-12(9-14(13)24)32-11-18(30)27-22-7-5-21(6-8-22,10-17(22)29)28-20(31)16-4-3-15(33-16)19(25)26/h1-2,9,15-17,19,29H,3-8,10-11H2,(H,27,30)(H,28,31). The van der Waals surface area contributed by atoms with Crippen LogP contribution in [0.5, 0.6) is 5.75 Å². The number of aliphatic hydroxyl groups excluding tert-OH is 1. The van der Waals surface area contributed by atoms with Gasteiger partial charge >= 0.3 is 0 Å². The molecule has 3 N–H and O–H groups in total. The normalized spacial score (nSPS) is 33.2. The Balaban J connectivity index is 1.30. The van der Waals surface area contributed by atoms with Gasteiger partial charge in [0.25, 0.3) is 5.91 Å². The number of carbonyl (C=O) groups excluding carboxylic acids is 2. The minimum Gasteiger partial charge on any atom is -0.484 e. The highest BCUT2D eigenvalue weighted by atomic mass is 35.5. The average molecular weight is 507 g/mol. The van der Waals surface area contributed by atoms with Crippen LogP contribution in [0.2, 0.25) is 5.02 Å². The summed E-state index contributed by atoms with van der Waals surface area (Å²) in [5.74, 6) is -1.18. The van der Waals surface area contributed by atoms with E-state index < -0.39 is 45.8 Å². The van der Waals surface area contributed by atoms with Crippen LogP contribution < -0.4 is 15.4 Å². The van der Waals surface area contributed by atoms with Gasteiger partial charge in [-0.05, 0) is 57.1 Å². The number of hydrogen-bond donors (Lipinski definition) is 3. The van der Waals surface area contributed by atoms with Crippen molar-refractivity contribution in [2.45, 2.75) is 79.1 Å². The van der Waals surface area contributed by atoms with Crippen LogP contribution >= 0.6 is 23.4 Å². The molecule has 0 radical (unpaired) electrons. The van der Waals surface area contributed by atoms with Crippen LogP contribution in [0.25, 0.3) is 0 Å². The molecular formula is C22H26ClF3N2O4S. The van der Waals surface area contributed by atoms with Crippen molar-refractivity contribution in [3.63, 3.8) is 0 Å². The summed E-state index contributed by atoms with van der Waals surface area (Å²) in [6.07, 6.45) is -0.244. The Morgan fingerprint density at radius 2 is 1.94 bits per heavy atom. The topological polar surface area (TPSA) is 87.7 Å². The largest absolute Gasteiger partial charge is 0.484 e. The number of nitrogens with one attached hydrogen (secondary N) is 2. The smallest absolute Gasteiger partial charge is 0.258 e. The first-order chi connectivity index (χ1) is 15.6. The lowest BCUT2D eigenvalue weighted by molar-refractivity contribution is -0.136. The van der Waals surface area contributed by atoms with Crippen LogP contribution in [0.4, 0.5) is 13.2 Å². The first-order valence-electron chi connectivity index (χ1n) is 10.9. The molecule has 6 nitrogen and oxygen atoms in total. The van der Waals surface area contributed by atoms with E-state index in [1.807, 2.05) is 0 Å². The van der Waals surface area contributed by atoms with Gasteiger partial charge in [0.15, 0.2) is 6.61 Å². The third-order valence-corrected chi connectivity index (χ3v) is 8.86. The minimum atomic E-state index is -2.44. The molecule has 1 saturated heterocycles. The summed E-state index contributed by atoms with van der Waals surface area (Å²) in [6.45, 7) is -0.346. The van der Waals surface area contributed by atoms with Crippen molar-refractivity contribution in [2.75, 3.05) is 6.61 Å². The highest BCUT2D eigenvalue weighted by Crippen LogP contribution is 2.47. The second-order valence-electron chi connectivity index (χ2n) is 9.13. The summed E-state index contributed by atoms with van der Waals surface area (Å²) in [4.78, 5) is 25.2. The van der Waals surface area contributed by atoms with E-state index in [1.165, 1.54) is 12.1 Å². The van der Waals surface area contributed by atoms with Gasteiger partial charge in [-0.2, -0.15) is 0 Å². The van der Waals surface area contributed by atoms with Gasteiger partial charge in [0.1, 0.15) is 11.6 Å². The first kappa shape index (κ1) is 24.5. The van der Waals surface area contributed by atoms with Gasteiger partial charge < -0.3 is 20.5 Å². The summed E-state index contributed by atoms with van der Waals surface area (Å²) in [6, 6.07) is 3.88. The van der Waals surface area contributed by atoms with Crippen molar-refractivity contribution in [1.82, 2.24) is 10.6 Å². The summed E-state index contributed by atoms with van der Waals surface area (Å²) >= 11 is 6.66. The van der Waals surface area contributed by atoms with Crippen molar-refractivity contribution in [3.8, 4) is 5.75 Å². The molecule has 1 aliphatic heterocycles. The Labute approximate surface area is 199 Å². The Morgan fingerprint density at radius 3 is 2.55 bits per heavy atom. The van der Waals surface area contributed by atoms with Crippen molar-refractivity contribution in [3.05, 3.63) is 29.0 Å². The van der Waals surface area contributed by atoms with Crippen molar-refractivity contribution < 1.29 is 32.6 Å². The molecule has 1 aromatic carbocycles. The van der Waals surface area contributed by atoms with Gasteiger partial charge in [0, 0.05) is 11.6 Å². The fourth-order valence-electron chi connectivity index (χ4n) is 5.07. The van der Waals surface area contributed by atoms with Crippen molar-refractivity contribution in [2.24, 2.45) is 0 Å². The number of benzene rings is 1. The molecule has 3 saturated carbocycles. The summed E-state index contributed by atoms with van der Waals surface area (Å²) < 4.78 is 44.7. The zero-order valence-electron chi connectivity index (χ0n) is 17.8. The van der Waals surface area contributed by atoms with E-state index >= 15 is 0 Å². The van der Waals surface area contributed by atoms with Crippen LogP contribution in [0, 0.1) is 5.82 Å². The molecule has 4 fully saturated rings. The zero-order chi connectivity index (χ0) is 23.8. The van der Waals surface area contributed by atoms with Gasteiger partial charge in [-0.3, -0.25) is 9.59 Å². The molecule has 2 amide bonds. The number of halogens is 4. The van der Waals surface area contributed by atoms with Crippen LogP contribution in [0.15, 0.2) is 18.2 Å². The molecule has 0 spiro atoms. The summed E-state index contributed by atoms with van der Waals surface area (Å²) in [7, 11) is 0. The van der Waals surface area contributed by atoms with Gasteiger partial charge in [0.2, 0.25) is 12.3 Å². The number of carbonyl (C=O) groups is 2. The van der Waals surface area contributed by atoms with Gasteiger partial charge in [-0.1, -0.05) is 11.6 Å². The van der Waals surface area contributed by atoms with Gasteiger partial charge in [-0.25, -0.2) is 13.2 Å². The third-order valence-electron chi connectivity index (χ3n) is 6.98. The molecule has 0 aromatic heterocycles. The van der Waals surface area contributed by atoms with Crippen molar-refractivity contribution >= 4 is 35.2 Å². The lowest BCUT2D eigenvalue weighted by Gasteiger charge is -2.56. The SMILES string of the molecule is O=C(COc1ccc(Cl)c(F)c1)NC12CCC(NC(=O)C3CCC(C(F)F)S3)(CC1)CC2O. The number of fused-ring (bicyclic) bond motifs is 3. The minimum absolute atomic E-state index is 0.0471. The first-order valence-corrected chi connectivity index (χ1v) is 12.3. The molecule has 3 unspecified atom stereocenters. The number of amides is 2. The van der Waals surface area contributed by atoms with Crippen LogP contribution in [-0.2, 0) is 9.59 Å². The van der Waals surface area contributed by atoms with E-state index in [0.717, 1.165) is 17.8 Å². The average Bonchev–Trinajstić information content (AvgIpc) is 3.27. The van der Waals surface area contributed by atoms with Gasteiger partial charge in [-0.15, -0.1) is 11.8 Å². The Morgan fingerprint density at radius 1 is 1.21 bits per heavy atom. The summed E-state index contributed by atoms with van der Waals surface area (Å²) in [5, 5.41) is 15.4. The Kier molecular flexibility index (Phi) is 7.08. The van der Waals surface area contributed by atoms with E-state index in [2.05, 4.69) is 10.6 Å². The molecule has 182 valence electrons. The van der Waals surface area contributed by atoms with Crippen molar-refractivity contribution in [1.29, 1.82) is 0 Å². The quantitative estimate of drug-likeness (QED) is 0.527. The Hall–Kier alpha value is -1.65. The number of thioether (sulfide) groups is 1.